The van der Waals surface area contributed by atoms with E-state index in [0.717, 1.165) is 17.7 Å². The number of aromatic nitrogens is 3. The molecular weight excluding hydrogens is 378 g/mol. The topological polar surface area (TPSA) is 89.0 Å². The zero-order valence-electron chi connectivity index (χ0n) is 15.4. The van der Waals surface area contributed by atoms with Crippen molar-refractivity contribution in [2.75, 3.05) is 25.6 Å². The summed E-state index contributed by atoms with van der Waals surface area (Å²) in [5, 5.41) is 6.62. The first-order valence-corrected chi connectivity index (χ1v) is 9.12. The van der Waals surface area contributed by atoms with Crippen molar-refractivity contribution in [3.05, 3.63) is 65.7 Å². The van der Waals surface area contributed by atoms with Crippen molar-refractivity contribution >= 4 is 29.0 Å². The van der Waals surface area contributed by atoms with Gasteiger partial charge in [-0.2, -0.15) is 0 Å². The minimum Gasteiger partial charge on any atom is -0.385 e. The third-order valence-electron chi connectivity index (χ3n) is 3.83. The van der Waals surface area contributed by atoms with Crippen molar-refractivity contribution in [1.82, 2.24) is 20.3 Å². The Hall–Kier alpha value is -3.03. The first-order valence-electron chi connectivity index (χ1n) is 8.74. The molecule has 144 valence electrons. The molecule has 7 nitrogen and oxygen atoms in total. The molecule has 0 unspecified atom stereocenters. The number of carbonyl (C=O) groups is 1. The zero-order chi connectivity index (χ0) is 19.8. The van der Waals surface area contributed by atoms with Crippen LogP contribution in [0.2, 0.25) is 5.02 Å². The molecule has 0 bridgehead atoms. The van der Waals surface area contributed by atoms with Gasteiger partial charge in [-0.15, -0.1) is 0 Å². The van der Waals surface area contributed by atoms with E-state index >= 15 is 0 Å². The second-order valence-electron chi connectivity index (χ2n) is 5.96. The molecule has 0 fully saturated rings. The number of hydrogen-bond acceptors (Lipinski definition) is 6. The van der Waals surface area contributed by atoms with E-state index in [2.05, 4.69) is 25.6 Å². The minimum atomic E-state index is -0.237. The zero-order valence-corrected chi connectivity index (χ0v) is 16.1. The van der Waals surface area contributed by atoms with E-state index < -0.39 is 0 Å². The van der Waals surface area contributed by atoms with E-state index in [0.29, 0.717) is 35.4 Å². The average Bonchev–Trinajstić information content (AvgIpc) is 2.71. The molecule has 0 aliphatic rings. The van der Waals surface area contributed by atoms with Crippen molar-refractivity contribution < 1.29 is 9.53 Å². The second kappa shape index (κ2) is 9.77. The largest absolute Gasteiger partial charge is 0.385 e. The summed E-state index contributed by atoms with van der Waals surface area (Å²) in [6.45, 7) is 1.12. The molecule has 3 aromatic rings. The summed E-state index contributed by atoms with van der Waals surface area (Å²) < 4.78 is 4.97. The number of pyridine rings is 1. The van der Waals surface area contributed by atoms with Crippen LogP contribution in [-0.4, -0.2) is 41.1 Å². The number of nitrogens with zero attached hydrogens (tertiary/aromatic N) is 3. The smallest absolute Gasteiger partial charge is 0.269 e. The van der Waals surface area contributed by atoms with Crippen LogP contribution in [0.1, 0.15) is 16.9 Å². The van der Waals surface area contributed by atoms with Crippen LogP contribution >= 0.6 is 11.6 Å². The molecular formula is C20H20ClN5O2. The third-order valence-corrected chi connectivity index (χ3v) is 4.07. The Morgan fingerprint density at radius 2 is 2.11 bits per heavy atom. The summed E-state index contributed by atoms with van der Waals surface area (Å²) >= 11 is 6.01. The van der Waals surface area contributed by atoms with Gasteiger partial charge in [-0.05, 0) is 36.8 Å². The molecule has 0 saturated carbocycles. The maximum atomic E-state index is 12.3. The van der Waals surface area contributed by atoms with E-state index in [-0.39, 0.29) is 5.91 Å². The molecule has 3 rings (SSSR count). The fraction of sp³-hybridized carbons (Fsp3) is 0.200. The number of nitrogens with one attached hydrogen (secondary N) is 2. The highest BCUT2D eigenvalue weighted by Crippen LogP contribution is 2.22. The van der Waals surface area contributed by atoms with E-state index in [9.17, 15) is 4.79 Å². The lowest BCUT2D eigenvalue weighted by molar-refractivity contribution is 0.0943. The molecule has 28 heavy (non-hydrogen) atoms. The number of halogens is 1. The number of rotatable bonds is 8. The van der Waals surface area contributed by atoms with Crippen molar-refractivity contribution in [1.29, 1.82) is 0 Å². The van der Waals surface area contributed by atoms with Gasteiger partial charge in [0, 0.05) is 42.7 Å². The van der Waals surface area contributed by atoms with Gasteiger partial charge in [0.25, 0.3) is 5.91 Å². The molecule has 1 aromatic carbocycles. The third kappa shape index (κ3) is 5.48. The van der Waals surface area contributed by atoms with Gasteiger partial charge in [0.2, 0.25) is 0 Å². The number of anilines is 2. The monoisotopic (exact) mass is 397 g/mol. The molecule has 1 amide bonds. The summed E-state index contributed by atoms with van der Waals surface area (Å²) in [5.74, 6) is 0.335. The van der Waals surface area contributed by atoms with Crippen molar-refractivity contribution in [3.63, 3.8) is 0 Å². The Morgan fingerprint density at radius 1 is 1.21 bits per heavy atom. The highest BCUT2D eigenvalue weighted by atomic mass is 35.5. The van der Waals surface area contributed by atoms with Crippen molar-refractivity contribution in [3.8, 4) is 11.3 Å². The molecule has 2 N–H and O–H groups in total. The number of ether oxygens (including phenoxy) is 1. The van der Waals surface area contributed by atoms with Crippen molar-refractivity contribution in [2.45, 2.75) is 6.42 Å². The molecule has 0 aliphatic heterocycles. The molecule has 0 saturated heterocycles. The minimum absolute atomic E-state index is 0.237. The second-order valence-corrected chi connectivity index (χ2v) is 6.39. The lowest BCUT2D eigenvalue weighted by Crippen LogP contribution is -2.26. The van der Waals surface area contributed by atoms with Crippen LogP contribution in [-0.2, 0) is 4.74 Å². The molecule has 0 atom stereocenters. The number of methoxy groups -OCH3 is 1. The Labute approximate surface area is 168 Å². The maximum Gasteiger partial charge on any atom is 0.269 e. The van der Waals surface area contributed by atoms with Gasteiger partial charge in [0.05, 0.1) is 18.1 Å². The Bertz CT molecular complexity index is 951. The number of amides is 1. The molecule has 0 radical (unpaired) electrons. The predicted octanol–water partition coefficient (Wildman–Crippen LogP) is 3.70. The highest BCUT2D eigenvalue weighted by Gasteiger charge is 2.10. The first kappa shape index (κ1) is 19.7. The maximum absolute atomic E-state index is 12.3. The standard InChI is InChI=1S/C20H20ClN5O2/c1-28-9-3-7-24-20(27)17-10-14(6-8-23-17)18-12-22-13-19(26-18)25-16-5-2-4-15(21)11-16/h2,4-6,8,10-13H,3,7,9H2,1H3,(H,24,27)(H,25,26). The fourth-order valence-electron chi connectivity index (χ4n) is 2.50. The summed E-state index contributed by atoms with van der Waals surface area (Å²) in [7, 11) is 1.63. The van der Waals surface area contributed by atoms with Gasteiger partial charge in [-0.1, -0.05) is 17.7 Å². The van der Waals surface area contributed by atoms with E-state index in [1.54, 1.807) is 50.0 Å². The first-order chi connectivity index (χ1) is 13.7. The number of hydrogen-bond donors (Lipinski definition) is 2. The molecule has 2 heterocycles. The fourth-order valence-corrected chi connectivity index (χ4v) is 2.69. The molecule has 0 spiro atoms. The van der Waals surface area contributed by atoms with Crippen LogP contribution in [0.15, 0.2) is 55.0 Å². The number of carbonyl (C=O) groups excluding carboxylic acids is 1. The predicted molar refractivity (Wildman–Crippen MR) is 109 cm³/mol. The van der Waals surface area contributed by atoms with Crippen LogP contribution in [0.5, 0.6) is 0 Å². The Balaban J connectivity index is 1.74. The molecule has 8 heteroatoms. The van der Waals surface area contributed by atoms with Crippen LogP contribution < -0.4 is 10.6 Å². The van der Waals surface area contributed by atoms with Gasteiger partial charge in [-0.3, -0.25) is 14.8 Å². The summed E-state index contributed by atoms with van der Waals surface area (Å²) in [5.41, 5.74) is 2.51. The summed E-state index contributed by atoms with van der Waals surface area (Å²) in [4.78, 5) is 25.2. The van der Waals surface area contributed by atoms with Gasteiger partial charge in [-0.25, -0.2) is 4.98 Å². The van der Waals surface area contributed by atoms with Gasteiger partial charge >= 0.3 is 0 Å². The summed E-state index contributed by atoms with van der Waals surface area (Å²) in [6, 6.07) is 10.8. The van der Waals surface area contributed by atoms with E-state index in [4.69, 9.17) is 16.3 Å². The van der Waals surface area contributed by atoms with Crippen LogP contribution in [0, 0.1) is 0 Å². The van der Waals surface area contributed by atoms with Gasteiger partial charge in [0.1, 0.15) is 11.5 Å². The Morgan fingerprint density at radius 3 is 2.93 bits per heavy atom. The van der Waals surface area contributed by atoms with E-state index in [1.807, 2.05) is 12.1 Å². The molecule has 0 aliphatic carbocycles. The van der Waals surface area contributed by atoms with Crippen LogP contribution in [0.4, 0.5) is 11.5 Å². The quantitative estimate of drug-likeness (QED) is 0.563. The van der Waals surface area contributed by atoms with E-state index in [1.165, 1.54) is 0 Å². The lowest BCUT2D eigenvalue weighted by atomic mass is 10.1. The van der Waals surface area contributed by atoms with Crippen LogP contribution in [0.25, 0.3) is 11.3 Å². The van der Waals surface area contributed by atoms with Crippen molar-refractivity contribution in [2.24, 2.45) is 0 Å². The molecule has 2 aromatic heterocycles. The highest BCUT2D eigenvalue weighted by molar-refractivity contribution is 6.30. The average molecular weight is 398 g/mol. The lowest BCUT2D eigenvalue weighted by Gasteiger charge is -2.08. The van der Waals surface area contributed by atoms with Crippen LogP contribution in [0.3, 0.4) is 0 Å². The number of benzene rings is 1. The summed E-state index contributed by atoms with van der Waals surface area (Å²) in [6.07, 6.45) is 5.58. The van der Waals surface area contributed by atoms with Gasteiger partial charge in [0.15, 0.2) is 0 Å². The Kier molecular flexibility index (Phi) is 6.89. The van der Waals surface area contributed by atoms with Gasteiger partial charge < -0.3 is 15.4 Å². The SMILES string of the molecule is COCCCNC(=O)c1cc(-c2cncc(Nc3cccc(Cl)c3)n2)ccn1. The normalized spacial score (nSPS) is 10.5.